The molecule has 2 N–H and O–H groups in total. The maximum atomic E-state index is 13.0. The summed E-state index contributed by atoms with van der Waals surface area (Å²) in [5, 5.41) is 9.74. The Morgan fingerprint density at radius 2 is 1.97 bits per heavy atom. The number of nitrogens with zero attached hydrogens (tertiary/aromatic N) is 2. The van der Waals surface area contributed by atoms with Crippen molar-refractivity contribution in [2.45, 2.75) is 26.4 Å². The lowest BCUT2D eigenvalue weighted by molar-refractivity contribution is 0.193. The summed E-state index contributed by atoms with van der Waals surface area (Å²) in [6.45, 7) is 4.44. The number of hydrogen-bond donors (Lipinski definition) is 2. The molecule has 0 unspecified atom stereocenters. The van der Waals surface area contributed by atoms with Crippen LogP contribution < -0.4 is 14.8 Å². The summed E-state index contributed by atoms with van der Waals surface area (Å²) in [7, 11) is 3.21. The van der Waals surface area contributed by atoms with Crippen molar-refractivity contribution in [1.82, 2.24) is 15.1 Å². The number of nitrogens with one attached hydrogen (secondary N) is 2. The lowest BCUT2D eigenvalue weighted by Crippen LogP contribution is -2.39. The van der Waals surface area contributed by atoms with E-state index in [-0.39, 0.29) is 12.1 Å². The first-order valence-electron chi connectivity index (χ1n) is 9.39. The predicted molar refractivity (Wildman–Crippen MR) is 113 cm³/mol. The normalized spacial score (nSPS) is 10.7. The minimum absolute atomic E-state index is 0.0115. The average Bonchev–Trinajstić information content (AvgIpc) is 3.27. The van der Waals surface area contributed by atoms with Crippen LogP contribution in [-0.2, 0) is 6.54 Å². The number of anilines is 1. The monoisotopic (exact) mass is 394 g/mol. The first kappa shape index (κ1) is 20.3. The number of aromatic amines is 1. The molecule has 7 heteroatoms. The van der Waals surface area contributed by atoms with Gasteiger partial charge in [-0.1, -0.05) is 18.2 Å². The summed E-state index contributed by atoms with van der Waals surface area (Å²) < 4.78 is 10.8. The Morgan fingerprint density at radius 3 is 2.62 bits per heavy atom. The number of H-pyrrole nitrogens is 1. The van der Waals surface area contributed by atoms with Crippen molar-refractivity contribution in [3.8, 4) is 22.6 Å². The maximum absolute atomic E-state index is 13.0. The third-order valence-electron chi connectivity index (χ3n) is 4.65. The Hall–Kier alpha value is -3.48. The molecule has 1 heterocycles. The molecule has 152 valence electrons. The Labute approximate surface area is 170 Å². The third-order valence-corrected chi connectivity index (χ3v) is 4.65. The summed E-state index contributed by atoms with van der Waals surface area (Å²) in [4.78, 5) is 14.8. The highest BCUT2D eigenvalue weighted by Crippen LogP contribution is 2.31. The summed E-state index contributed by atoms with van der Waals surface area (Å²) in [6.07, 6.45) is 3.54. The summed E-state index contributed by atoms with van der Waals surface area (Å²) in [5.41, 5.74) is 3.50. The first-order valence-corrected chi connectivity index (χ1v) is 9.39. The molecule has 0 atom stereocenters. The maximum Gasteiger partial charge on any atom is 0.322 e. The van der Waals surface area contributed by atoms with Crippen molar-refractivity contribution in [2.75, 3.05) is 19.5 Å². The molecule has 0 saturated carbocycles. The van der Waals surface area contributed by atoms with Gasteiger partial charge in [0.15, 0.2) is 0 Å². The molecule has 0 aliphatic carbocycles. The molecule has 0 aliphatic heterocycles. The summed E-state index contributed by atoms with van der Waals surface area (Å²) >= 11 is 0. The number of methoxy groups -OCH3 is 2. The molecule has 3 rings (SSSR count). The molecular formula is C22H26N4O3. The minimum atomic E-state index is -0.197. The van der Waals surface area contributed by atoms with Crippen LogP contribution in [0.5, 0.6) is 11.5 Å². The van der Waals surface area contributed by atoms with Crippen molar-refractivity contribution >= 4 is 11.7 Å². The van der Waals surface area contributed by atoms with Gasteiger partial charge in [-0.15, -0.1) is 0 Å². The Bertz CT molecular complexity index is 954. The molecule has 7 nitrogen and oxygen atoms in total. The van der Waals surface area contributed by atoms with Crippen molar-refractivity contribution in [2.24, 2.45) is 0 Å². The molecule has 0 fully saturated rings. The second kappa shape index (κ2) is 9.14. The van der Waals surface area contributed by atoms with Crippen LogP contribution in [0, 0.1) is 0 Å². The highest BCUT2D eigenvalue weighted by molar-refractivity contribution is 5.91. The molecule has 2 amide bonds. The number of hydrogen-bond acceptors (Lipinski definition) is 4. The van der Waals surface area contributed by atoms with Crippen molar-refractivity contribution in [3.63, 3.8) is 0 Å². The zero-order chi connectivity index (χ0) is 20.8. The van der Waals surface area contributed by atoms with Gasteiger partial charge in [-0.3, -0.25) is 5.10 Å². The van der Waals surface area contributed by atoms with Crippen molar-refractivity contribution < 1.29 is 14.3 Å². The van der Waals surface area contributed by atoms with Gasteiger partial charge in [0.05, 0.1) is 26.1 Å². The summed E-state index contributed by atoms with van der Waals surface area (Å²) in [5.74, 6) is 1.35. The van der Waals surface area contributed by atoms with Gasteiger partial charge in [-0.05, 0) is 49.2 Å². The number of rotatable bonds is 7. The fourth-order valence-corrected chi connectivity index (χ4v) is 3.03. The Balaban J connectivity index is 1.79. The van der Waals surface area contributed by atoms with Crippen LogP contribution in [0.25, 0.3) is 11.1 Å². The fraction of sp³-hybridized carbons (Fsp3) is 0.273. The van der Waals surface area contributed by atoms with Gasteiger partial charge in [-0.25, -0.2) is 4.79 Å². The highest BCUT2D eigenvalue weighted by Gasteiger charge is 2.19. The number of benzene rings is 2. The molecule has 29 heavy (non-hydrogen) atoms. The van der Waals surface area contributed by atoms with E-state index < -0.39 is 0 Å². The second-order valence-corrected chi connectivity index (χ2v) is 6.91. The van der Waals surface area contributed by atoms with E-state index in [1.54, 1.807) is 25.3 Å². The van der Waals surface area contributed by atoms with Gasteiger partial charge in [0.2, 0.25) is 0 Å². The number of carbonyl (C=O) groups is 1. The predicted octanol–water partition coefficient (Wildman–Crippen LogP) is 4.54. The summed E-state index contributed by atoms with van der Waals surface area (Å²) in [6, 6.07) is 13.2. The van der Waals surface area contributed by atoms with Gasteiger partial charge in [-0.2, -0.15) is 5.10 Å². The fourth-order valence-electron chi connectivity index (χ4n) is 3.03. The molecule has 0 bridgehead atoms. The van der Waals surface area contributed by atoms with Crippen LogP contribution in [0.3, 0.4) is 0 Å². The van der Waals surface area contributed by atoms with E-state index in [0.717, 1.165) is 22.4 Å². The topological polar surface area (TPSA) is 79.5 Å². The lowest BCUT2D eigenvalue weighted by atomic mass is 10.1. The second-order valence-electron chi connectivity index (χ2n) is 6.91. The largest absolute Gasteiger partial charge is 0.497 e. The van der Waals surface area contributed by atoms with Gasteiger partial charge in [0.1, 0.15) is 11.5 Å². The van der Waals surface area contributed by atoms with Crippen LogP contribution in [0.1, 0.15) is 19.4 Å². The van der Waals surface area contributed by atoms with E-state index in [1.165, 1.54) is 0 Å². The molecule has 0 spiro atoms. The average molecular weight is 394 g/mol. The van der Waals surface area contributed by atoms with E-state index in [9.17, 15) is 4.79 Å². The molecule has 1 aromatic heterocycles. The molecular weight excluding hydrogens is 368 g/mol. The highest BCUT2D eigenvalue weighted by atomic mass is 16.5. The lowest BCUT2D eigenvalue weighted by Gasteiger charge is -2.27. The van der Waals surface area contributed by atoms with Gasteiger partial charge in [0.25, 0.3) is 0 Å². The SMILES string of the molecule is COc1cccc(CN(C(=O)Nc2ccc(-c3cn[nH]c3)cc2OC)C(C)C)c1. The number of carbonyl (C=O) groups excluding carboxylic acids is 1. The van der Waals surface area contributed by atoms with Crippen molar-refractivity contribution in [3.05, 3.63) is 60.4 Å². The van der Waals surface area contributed by atoms with E-state index >= 15 is 0 Å². The van der Waals surface area contributed by atoms with Crippen LogP contribution in [-0.4, -0.2) is 41.4 Å². The number of ether oxygens (including phenoxy) is 2. The minimum Gasteiger partial charge on any atom is -0.497 e. The van der Waals surface area contributed by atoms with Crippen LogP contribution in [0.2, 0.25) is 0 Å². The third kappa shape index (κ3) is 4.87. The van der Waals surface area contributed by atoms with Gasteiger partial charge >= 0.3 is 6.03 Å². The van der Waals surface area contributed by atoms with Crippen LogP contribution in [0.15, 0.2) is 54.9 Å². The number of amides is 2. The van der Waals surface area contributed by atoms with Crippen LogP contribution in [0.4, 0.5) is 10.5 Å². The van der Waals surface area contributed by atoms with Crippen LogP contribution >= 0.6 is 0 Å². The standard InChI is InChI=1S/C22H26N4O3/c1-15(2)26(14-16-6-5-7-19(10-16)28-3)22(27)25-20-9-8-17(11-21(20)29-4)18-12-23-24-13-18/h5-13,15H,14H2,1-4H3,(H,23,24)(H,25,27). The molecule has 3 aromatic rings. The molecule has 0 aliphatic rings. The van der Waals surface area contributed by atoms with E-state index in [4.69, 9.17) is 9.47 Å². The molecule has 2 aromatic carbocycles. The Morgan fingerprint density at radius 1 is 1.14 bits per heavy atom. The number of aromatic nitrogens is 2. The van der Waals surface area contributed by atoms with E-state index in [2.05, 4.69) is 15.5 Å². The molecule has 0 saturated heterocycles. The molecule has 0 radical (unpaired) electrons. The zero-order valence-corrected chi connectivity index (χ0v) is 17.1. The Kier molecular flexibility index (Phi) is 6.39. The quantitative estimate of drug-likeness (QED) is 0.617. The van der Waals surface area contributed by atoms with Crippen molar-refractivity contribution in [1.29, 1.82) is 0 Å². The van der Waals surface area contributed by atoms with E-state index in [0.29, 0.717) is 18.0 Å². The van der Waals surface area contributed by atoms with Gasteiger partial charge in [0, 0.05) is 24.3 Å². The van der Waals surface area contributed by atoms with Gasteiger partial charge < -0.3 is 19.7 Å². The van der Waals surface area contributed by atoms with E-state index in [1.807, 2.05) is 62.5 Å². The number of urea groups is 1. The zero-order valence-electron chi connectivity index (χ0n) is 17.1. The smallest absolute Gasteiger partial charge is 0.322 e. The first-order chi connectivity index (χ1) is 14.0.